The number of furan rings is 1. The first-order chi connectivity index (χ1) is 14.9. The van der Waals surface area contributed by atoms with Crippen LogP contribution in [-0.2, 0) is 16.1 Å². The number of aromatic nitrogens is 1. The number of carbonyl (C=O) groups excluding carboxylic acids is 3. The van der Waals surface area contributed by atoms with Crippen LogP contribution in [0.25, 0.3) is 11.8 Å². The highest BCUT2D eigenvalue weighted by molar-refractivity contribution is 8.18. The molecule has 158 valence electrons. The predicted molar refractivity (Wildman–Crippen MR) is 117 cm³/mol. The summed E-state index contributed by atoms with van der Waals surface area (Å²) in [5.41, 5.74) is 3.91. The number of carbonyl (C=O) groups is 3. The van der Waals surface area contributed by atoms with Crippen molar-refractivity contribution >= 4 is 35.0 Å². The molecule has 4 rings (SSSR count). The van der Waals surface area contributed by atoms with E-state index in [4.69, 9.17) is 4.42 Å². The Bertz CT molecular complexity index is 1210. The van der Waals surface area contributed by atoms with E-state index in [-0.39, 0.29) is 17.5 Å². The second kappa shape index (κ2) is 8.31. The van der Waals surface area contributed by atoms with Gasteiger partial charge in [-0.15, -0.1) is 0 Å². The highest BCUT2D eigenvalue weighted by Gasteiger charge is 2.36. The van der Waals surface area contributed by atoms with E-state index in [2.05, 4.69) is 9.30 Å². The molecule has 7 nitrogen and oxygen atoms in total. The van der Waals surface area contributed by atoms with Crippen LogP contribution < -0.4 is 0 Å². The lowest BCUT2D eigenvalue weighted by atomic mass is 10.2. The van der Waals surface area contributed by atoms with E-state index in [1.54, 1.807) is 12.1 Å². The Kier molecular flexibility index (Phi) is 5.56. The van der Waals surface area contributed by atoms with Crippen molar-refractivity contribution in [2.45, 2.75) is 20.4 Å². The average molecular weight is 436 g/mol. The van der Waals surface area contributed by atoms with E-state index < -0.39 is 11.9 Å². The van der Waals surface area contributed by atoms with Crippen molar-refractivity contribution in [2.24, 2.45) is 0 Å². The molecule has 0 bridgehead atoms. The molecule has 1 aliphatic rings. The molecular weight excluding hydrogens is 416 g/mol. The number of hydrogen-bond donors (Lipinski definition) is 0. The summed E-state index contributed by atoms with van der Waals surface area (Å²) in [7, 11) is 1.25. The molecule has 1 fully saturated rings. The molecular formula is C23H20N2O5S. The smallest absolute Gasteiger partial charge is 0.373 e. The minimum atomic E-state index is -0.617. The summed E-state index contributed by atoms with van der Waals surface area (Å²) >= 11 is 0.889. The molecule has 3 aromatic rings. The van der Waals surface area contributed by atoms with Crippen LogP contribution in [0.3, 0.4) is 0 Å². The fourth-order valence-electron chi connectivity index (χ4n) is 3.51. The molecule has 2 amide bonds. The topological polar surface area (TPSA) is 81.8 Å². The SMILES string of the molecule is COC(=O)c1ccc(CN2C(=O)S/C(=C\c3cc(C)n(-c4ccccc4)c3C)C2=O)o1. The third-order valence-corrected chi connectivity index (χ3v) is 5.91. The maximum Gasteiger partial charge on any atom is 0.373 e. The van der Waals surface area contributed by atoms with Gasteiger partial charge in [-0.05, 0) is 67.6 Å². The zero-order chi connectivity index (χ0) is 22.1. The second-order valence-electron chi connectivity index (χ2n) is 7.02. The fourth-order valence-corrected chi connectivity index (χ4v) is 4.34. The van der Waals surface area contributed by atoms with Crippen LogP contribution in [0, 0.1) is 13.8 Å². The summed E-state index contributed by atoms with van der Waals surface area (Å²) in [6, 6.07) is 14.9. The van der Waals surface area contributed by atoms with Gasteiger partial charge in [0.25, 0.3) is 11.1 Å². The molecule has 0 radical (unpaired) electrons. The van der Waals surface area contributed by atoms with Gasteiger partial charge in [-0.1, -0.05) is 18.2 Å². The molecule has 0 spiro atoms. The quantitative estimate of drug-likeness (QED) is 0.426. The normalized spacial score (nSPS) is 15.2. The van der Waals surface area contributed by atoms with Gasteiger partial charge in [0.05, 0.1) is 18.6 Å². The number of para-hydroxylation sites is 1. The molecule has 3 heterocycles. The highest BCUT2D eigenvalue weighted by atomic mass is 32.2. The van der Waals surface area contributed by atoms with Crippen LogP contribution in [-0.4, -0.2) is 33.7 Å². The zero-order valence-electron chi connectivity index (χ0n) is 17.2. The van der Waals surface area contributed by atoms with Crippen molar-refractivity contribution in [1.29, 1.82) is 0 Å². The van der Waals surface area contributed by atoms with Gasteiger partial charge in [0.2, 0.25) is 5.76 Å². The Labute approximate surface area is 183 Å². The summed E-state index contributed by atoms with van der Waals surface area (Å²) < 4.78 is 12.1. The molecule has 0 unspecified atom stereocenters. The number of ether oxygens (including phenoxy) is 1. The molecule has 0 aliphatic carbocycles. The predicted octanol–water partition coefficient (Wildman–Crippen LogP) is 4.71. The highest BCUT2D eigenvalue weighted by Crippen LogP contribution is 2.34. The van der Waals surface area contributed by atoms with E-state index in [0.717, 1.165) is 39.3 Å². The largest absolute Gasteiger partial charge is 0.463 e. The van der Waals surface area contributed by atoms with Crippen molar-refractivity contribution in [3.8, 4) is 5.69 Å². The minimum absolute atomic E-state index is 0.0216. The summed E-state index contributed by atoms with van der Waals surface area (Å²) in [5, 5.41) is -0.385. The first-order valence-corrected chi connectivity index (χ1v) is 10.4. The number of hydrogen-bond acceptors (Lipinski definition) is 6. The Morgan fingerprint density at radius 2 is 1.87 bits per heavy atom. The molecule has 2 aromatic heterocycles. The van der Waals surface area contributed by atoms with E-state index in [0.29, 0.717) is 10.7 Å². The summed E-state index contributed by atoms with van der Waals surface area (Å²) in [5.74, 6) is -0.663. The van der Waals surface area contributed by atoms with Gasteiger partial charge in [-0.2, -0.15) is 0 Å². The molecule has 0 N–H and O–H groups in total. The number of amides is 2. The van der Waals surface area contributed by atoms with Crippen LogP contribution in [0.4, 0.5) is 4.79 Å². The van der Waals surface area contributed by atoms with Crippen LogP contribution in [0.2, 0.25) is 0 Å². The van der Waals surface area contributed by atoms with E-state index >= 15 is 0 Å². The van der Waals surface area contributed by atoms with E-state index in [1.807, 2.05) is 50.2 Å². The molecule has 1 aliphatic heterocycles. The lowest BCUT2D eigenvalue weighted by Gasteiger charge is -2.10. The number of methoxy groups -OCH3 is 1. The van der Waals surface area contributed by atoms with Crippen molar-refractivity contribution in [3.63, 3.8) is 0 Å². The number of imide groups is 1. The molecule has 1 aromatic carbocycles. The number of nitrogens with zero attached hydrogens (tertiary/aromatic N) is 2. The Hall–Kier alpha value is -3.52. The van der Waals surface area contributed by atoms with Crippen molar-refractivity contribution in [3.05, 3.63) is 81.9 Å². The number of esters is 1. The van der Waals surface area contributed by atoms with E-state index in [1.165, 1.54) is 13.2 Å². The van der Waals surface area contributed by atoms with Gasteiger partial charge in [0, 0.05) is 17.1 Å². The number of aryl methyl sites for hydroxylation is 1. The third kappa shape index (κ3) is 3.94. The van der Waals surface area contributed by atoms with Crippen LogP contribution in [0.5, 0.6) is 0 Å². The Balaban J connectivity index is 1.58. The molecule has 8 heteroatoms. The van der Waals surface area contributed by atoms with Gasteiger partial charge in [0.15, 0.2) is 0 Å². The maximum absolute atomic E-state index is 12.9. The van der Waals surface area contributed by atoms with Crippen LogP contribution >= 0.6 is 11.8 Å². The second-order valence-corrected chi connectivity index (χ2v) is 8.02. The fraction of sp³-hybridized carbons (Fsp3) is 0.174. The minimum Gasteiger partial charge on any atom is -0.463 e. The van der Waals surface area contributed by atoms with Gasteiger partial charge in [0.1, 0.15) is 5.76 Å². The number of thioether (sulfide) groups is 1. The van der Waals surface area contributed by atoms with Gasteiger partial charge in [-0.25, -0.2) is 4.79 Å². The summed E-state index contributed by atoms with van der Waals surface area (Å²) in [6.07, 6.45) is 1.74. The number of rotatable bonds is 5. The summed E-state index contributed by atoms with van der Waals surface area (Å²) in [6.45, 7) is 3.92. The Morgan fingerprint density at radius 1 is 1.13 bits per heavy atom. The van der Waals surface area contributed by atoms with Crippen molar-refractivity contribution in [1.82, 2.24) is 9.47 Å². The lowest BCUT2D eigenvalue weighted by molar-refractivity contribution is -0.123. The Morgan fingerprint density at radius 3 is 2.58 bits per heavy atom. The molecule has 0 saturated carbocycles. The van der Waals surface area contributed by atoms with Crippen molar-refractivity contribution in [2.75, 3.05) is 7.11 Å². The van der Waals surface area contributed by atoms with E-state index in [9.17, 15) is 14.4 Å². The molecule has 31 heavy (non-hydrogen) atoms. The standard InChI is InChI=1S/C23H20N2O5S/c1-14-11-16(15(2)25(14)17-7-5-4-6-8-17)12-20-21(26)24(23(28)31-20)13-18-9-10-19(30-18)22(27)29-3/h4-12H,13H2,1-3H3/b20-12-. The first kappa shape index (κ1) is 20.7. The van der Waals surface area contributed by atoms with Crippen LogP contribution in [0.1, 0.15) is 33.3 Å². The van der Waals surface area contributed by atoms with Gasteiger partial charge in [-0.3, -0.25) is 14.5 Å². The van der Waals surface area contributed by atoms with Gasteiger partial charge >= 0.3 is 5.97 Å². The zero-order valence-corrected chi connectivity index (χ0v) is 18.1. The maximum atomic E-state index is 12.9. The lowest BCUT2D eigenvalue weighted by Crippen LogP contribution is -2.27. The van der Waals surface area contributed by atoms with Crippen molar-refractivity contribution < 1.29 is 23.5 Å². The third-order valence-electron chi connectivity index (χ3n) is 5.01. The van der Waals surface area contributed by atoms with Crippen LogP contribution in [0.15, 0.2) is 57.9 Å². The monoisotopic (exact) mass is 436 g/mol. The average Bonchev–Trinajstić information content (AvgIpc) is 3.42. The molecule has 0 atom stereocenters. The molecule has 1 saturated heterocycles. The number of benzene rings is 1. The summed E-state index contributed by atoms with van der Waals surface area (Å²) in [4.78, 5) is 38.3. The first-order valence-electron chi connectivity index (χ1n) is 9.56. The van der Waals surface area contributed by atoms with Gasteiger partial charge < -0.3 is 13.7 Å².